The highest BCUT2D eigenvalue weighted by Gasteiger charge is 2.50. The van der Waals surface area contributed by atoms with Crippen LogP contribution in [-0.2, 0) is 4.74 Å². The van der Waals surface area contributed by atoms with Crippen LogP contribution in [0.4, 0.5) is 0 Å². The zero-order chi connectivity index (χ0) is 13.2. The van der Waals surface area contributed by atoms with Gasteiger partial charge in [0, 0.05) is 25.7 Å². The van der Waals surface area contributed by atoms with Gasteiger partial charge in [-0.15, -0.1) is 0 Å². The monoisotopic (exact) mass is 254 g/mol. The Kier molecular flexibility index (Phi) is 4.35. The average molecular weight is 254 g/mol. The molecule has 3 heteroatoms. The summed E-state index contributed by atoms with van der Waals surface area (Å²) in [7, 11) is 1.84. The van der Waals surface area contributed by atoms with E-state index in [1.807, 2.05) is 7.11 Å². The van der Waals surface area contributed by atoms with Crippen LogP contribution in [0, 0.1) is 5.41 Å². The molecule has 0 aromatic heterocycles. The fourth-order valence-electron chi connectivity index (χ4n) is 4.17. The van der Waals surface area contributed by atoms with Gasteiger partial charge in [0.25, 0.3) is 0 Å². The minimum atomic E-state index is 0.197. The second-order valence-electron chi connectivity index (χ2n) is 6.77. The predicted octanol–water partition coefficient (Wildman–Crippen LogP) is 2.39. The lowest BCUT2D eigenvalue weighted by Gasteiger charge is -2.57. The fraction of sp³-hybridized carbons (Fsp3) is 1.00. The summed E-state index contributed by atoms with van der Waals surface area (Å²) in [6.45, 7) is 7.87. The van der Waals surface area contributed by atoms with Crippen molar-refractivity contribution in [2.75, 3.05) is 26.7 Å². The summed E-state index contributed by atoms with van der Waals surface area (Å²) in [5.74, 6) is 0. The Hall–Kier alpha value is -0.120. The zero-order valence-electron chi connectivity index (χ0n) is 12.4. The van der Waals surface area contributed by atoms with Gasteiger partial charge in [-0.1, -0.05) is 26.7 Å². The van der Waals surface area contributed by atoms with E-state index in [1.165, 1.54) is 45.1 Å². The summed E-state index contributed by atoms with van der Waals surface area (Å²) >= 11 is 0. The molecule has 0 spiro atoms. The smallest absolute Gasteiger partial charge is 0.0698 e. The third-order valence-corrected chi connectivity index (χ3v) is 5.56. The summed E-state index contributed by atoms with van der Waals surface area (Å²) in [5.41, 5.74) is 6.77. The van der Waals surface area contributed by atoms with E-state index in [2.05, 4.69) is 18.7 Å². The molecule has 3 nitrogen and oxygen atoms in total. The molecule has 2 unspecified atom stereocenters. The summed E-state index contributed by atoms with van der Waals surface area (Å²) in [5, 5.41) is 0. The Balaban J connectivity index is 2.19. The summed E-state index contributed by atoms with van der Waals surface area (Å²) in [6, 6.07) is 0. The normalized spacial score (nSPS) is 37.7. The SMILES string of the molecule is COC1CCCN(C2(CN)CCCCC2(C)C)C1. The molecule has 1 aliphatic heterocycles. The highest BCUT2D eigenvalue weighted by atomic mass is 16.5. The molecule has 1 saturated heterocycles. The summed E-state index contributed by atoms with van der Waals surface area (Å²) in [4.78, 5) is 2.66. The Labute approximate surface area is 112 Å². The van der Waals surface area contributed by atoms with Crippen molar-refractivity contribution < 1.29 is 4.74 Å². The van der Waals surface area contributed by atoms with E-state index in [4.69, 9.17) is 10.5 Å². The maximum Gasteiger partial charge on any atom is 0.0698 e. The Bertz CT molecular complexity index is 280. The van der Waals surface area contributed by atoms with Crippen LogP contribution in [0.5, 0.6) is 0 Å². The lowest BCUT2D eigenvalue weighted by atomic mass is 9.62. The number of rotatable bonds is 3. The van der Waals surface area contributed by atoms with Crippen LogP contribution in [0.3, 0.4) is 0 Å². The van der Waals surface area contributed by atoms with Crippen LogP contribution >= 0.6 is 0 Å². The second kappa shape index (κ2) is 5.48. The van der Waals surface area contributed by atoms with Crippen molar-refractivity contribution in [3.8, 4) is 0 Å². The van der Waals surface area contributed by atoms with Crippen LogP contribution in [0.2, 0.25) is 0 Å². The van der Waals surface area contributed by atoms with Crippen molar-refractivity contribution in [3.63, 3.8) is 0 Å². The second-order valence-corrected chi connectivity index (χ2v) is 6.77. The number of ether oxygens (including phenoxy) is 1. The number of piperidine rings is 1. The van der Waals surface area contributed by atoms with Crippen molar-refractivity contribution >= 4 is 0 Å². The molecule has 2 fully saturated rings. The first-order valence-corrected chi connectivity index (χ1v) is 7.54. The van der Waals surface area contributed by atoms with E-state index in [0.717, 1.165) is 13.1 Å². The molecular formula is C15H30N2O. The fourth-order valence-corrected chi connectivity index (χ4v) is 4.17. The van der Waals surface area contributed by atoms with Gasteiger partial charge < -0.3 is 10.5 Å². The van der Waals surface area contributed by atoms with Crippen LogP contribution in [0.25, 0.3) is 0 Å². The van der Waals surface area contributed by atoms with Crippen molar-refractivity contribution in [1.29, 1.82) is 0 Å². The molecule has 0 aromatic carbocycles. The molecule has 0 amide bonds. The molecule has 2 aliphatic rings. The molecule has 2 N–H and O–H groups in total. The molecule has 2 rings (SSSR count). The molecule has 18 heavy (non-hydrogen) atoms. The first-order valence-electron chi connectivity index (χ1n) is 7.54. The number of nitrogens with zero attached hydrogens (tertiary/aromatic N) is 1. The third kappa shape index (κ3) is 2.33. The molecule has 1 saturated carbocycles. The third-order valence-electron chi connectivity index (χ3n) is 5.56. The molecule has 0 radical (unpaired) electrons. The largest absolute Gasteiger partial charge is 0.380 e. The number of hydrogen-bond acceptors (Lipinski definition) is 3. The molecule has 1 heterocycles. The van der Waals surface area contributed by atoms with Crippen LogP contribution in [0.15, 0.2) is 0 Å². The number of methoxy groups -OCH3 is 1. The average Bonchev–Trinajstić information content (AvgIpc) is 2.39. The molecule has 1 aliphatic carbocycles. The van der Waals surface area contributed by atoms with Gasteiger partial charge in [0.1, 0.15) is 0 Å². The predicted molar refractivity (Wildman–Crippen MR) is 75.6 cm³/mol. The topological polar surface area (TPSA) is 38.5 Å². The van der Waals surface area contributed by atoms with Gasteiger partial charge in [-0.25, -0.2) is 0 Å². The molecule has 0 aromatic rings. The van der Waals surface area contributed by atoms with Crippen molar-refractivity contribution in [2.45, 2.75) is 64.0 Å². The van der Waals surface area contributed by atoms with E-state index < -0.39 is 0 Å². The van der Waals surface area contributed by atoms with Gasteiger partial charge >= 0.3 is 0 Å². The van der Waals surface area contributed by atoms with Crippen LogP contribution in [0.1, 0.15) is 52.4 Å². The van der Waals surface area contributed by atoms with E-state index in [0.29, 0.717) is 11.5 Å². The Morgan fingerprint density at radius 3 is 2.56 bits per heavy atom. The van der Waals surface area contributed by atoms with Gasteiger partial charge in [-0.2, -0.15) is 0 Å². The standard InChI is InChI=1S/C15H30N2O/c1-14(2)8-4-5-9-15(14,12-16)17-10-6-7-13(11-17)18-3/h13H,4-12,16H2,1-3H3. The Morgan fingerprint density at radius 1 is 1.22 bits per heavy atom. The van der Waals surface area contributed by atoms with Gasteiger partial charge in [-0.05, 0) is 37.6 Å². The maximum atomic E-state index is 6.25. The number of likely N-dealkylation sites (tertiary alicyclic amines) is 1. The summed E-state index contributed by atoms with van der Waals surface area (Å²) < 4.78 is 5.59. The van der Waals surface area contributed by atoms with Crippen LogP contribution < -0.4 is 5.73 Å². The number of hydrogen-bond donors (Lipinski definition) is 1. The zero-order valence-corrected chi connectivity index (χ0v) is 12.4. The van der Waals surface area contributed by atoms with E-state index >= 15 is 0 Å². The van der Waals surface area contributed by atoms with Gasteiger partial charge in [0.2, 0.25) is 0 Å². The molecular weight excluding hydrogens is 224 g/mol. The van der Waals surface area contributed by atoms with Gasteiger partial charge in [0.15, 0.2) is 0 Å². The van der Waals surface area contributed by atoms with Crippen molar-refractivity contribution in [2.24, 2.45) is 11.1 Å². The lowest BCUT2D eigenvalue weighted by molar-refractivity contribution is -0.0849. The number of nitrogens with two attached hydrogens (primary N) is 1. The first kappa shape index (κ1) is 14.3. The van der Waals surface area contributed by atoms with E-state index in [1.54, 1.807) is 0 Å². The van der Waals surface area contributed by atoms with Crippen molar-refractivity contribution in [1.82, 2.24) is 4.90 Å². The van der Waals surface area contributed by atoms with Crippen LogP contribution in [-0.4, -0.2) is 43.3 Å². The minimum absolute atomic E-state index is 0.197. The lowest BCUT2D eigenvalue weighted by Crippen LogP contribution is -2.66. The van der Waals surface area contributed by atoms with Gasteiger partial charge in [-0.3, -0.25) is 4.90 Å². The minimum Gasteiger partial charge on any atom is -0.380 e. The highest BCUT2D eigenvalue weighted by molar-refractivity contribution is 5.06. The quantitative estimate of drug-likeness (QED) is 0.840. The highest BCUT2D eigenvalue weighted by Crippen LogP contribution is 2.47. The van der Waals surface area contributed by atoms with Gasteiger partial charge in [0.05, 0.1) is 6.10 Å². The maximum absolute atomic E-state index is 6.25. The van der Waals surface area contributed by atoms with E-state index in [9.17, 15) is 0 Å². The van der Waals surface area contributed by atoms with Crippen molar-refractivity contribution in [3.05, 3.63) is 0 Å². The summed E-state index contributed by atoms with van der Waals surface area (Å²) in [6.07, 6.45) is 8.10. The molecule has 0 bridgehead atoms. The first-order chi connectivity index (χ1) is 8.55. The molecule has 106 valence electrons. The Morgan fingerprint density at radius 2 is 1.94 bits per heavy atom. The van der Waals surface area contributed by atoms with E-state index in [-0.39, 0.29) is 5.54 Å². The molecule has 2 atom stereocenters.